The number of nitrogens with zero attached hydrogens (tertiary/aromatic N) is 2. The summed E-state index contributed by atoms with van der Waals surface area (Å²) in [6, 6.07) is 16.1. The van der Waals surface area contributed by atoms with Crippen molar-refractivity contribution in [2.75, 3.05) is 10.6 Å². The summed E-state index contributed by atoms with van der Waals surface area (Å²) in [4.78, 5) is 7.31. The number of benzene rings is 2. The number of H-pyrrole nitrogens is 1. The molecular formula is C22H13F4N5O2. The number of anilines is 4. The molecule has 33 heavy (non-hydrogen) atoms. The maximum Gasteiger partial charge on any atom is 0.507 e. The first-order chi connectivity index (χ1) is 15.7. The van der Waals surface area contributed by atoms with Crippen LogP contribution < -0.4 is 20.1 Å². The van der Waals surface area contributed by atoms with Crippen LogP contribution in [0, 0.1) is 11.3 Å². The minimum Gasteiger partial charge on any atom is -0.421 e. The van der Waals surface area contributed by atoms with Crippen LogP contribution in [0.25, 0.3) is 10.9 Å². The van der Waals surface area contributed by atoms with E-state index in [4.69, 9.17) is 0 Å². The van der Waals surface area contributed by atoms with Crippen LogP contribution in [0.3, 0.4) is 0 Å². The van der Waals surface area contributed by atoms with E-state index in [1.807, 2.05) is 36.5 Å². The molecule has 7 nitrogen and oxygen atoms in total. The lowest BCUT2D eigenvalue weighted by atomic mass is 10.2. The van der Waals surface area contributed by atoms with Crippen LogP contribution in [0.5, 0.6) is 11.5 Å². The normalized spacial score (nSPS) is 15.6. The van der Waals surface area contributed by atoms with Crippen molar-refractivity contribution in [2.24, 2.45) is 0 Å². The average Bonchev–Trinajstić information content (AvgIpc) is 3.22. The topological polar surface area (TPSA) is 95.0 Å². The maximum atomic E-state index is 13.5. The molecule has 0 radical (unpaired) electrons. The lowest BCUT2D eigenvalue weighted by Crippen LogP contribution is -2.52. The predicted molar refractivity (Wildman–Crippen MR) is 111 cm³/mol. The number of hydrogen-bond donors (Lipinski definition) is 3. The van der Waals surface area contributed by atoms with Gasteiger partial charge in [0.15, 0.2) is 11.5 Å². The Morgan fingerprint density at radius 2 is 1.55 bits per heavy atom. The fraction of sp³-hybridized carbons (Fsp3) is 0.0909. The molecule has 0 atom stereocenters. The van der Waals surface area contributed by atoms with Gasteiger partial charge in [-0.2, -0.15) is 22.8 Å². The van der Waals surface area contributed by atoms with Crippen LogP contribution >= 0.6 is 0 Å². The number of fused-ring (bicyclic) bond motifs is 2. The molecule has 1 aliphatic rings. The van der Waals surface area contributed by atoms with Crippen molar-refractivity contribution in [1.82, 2.24) is 9.97 Å². The number of halogens is 4. The first-order valence-corrected chi connectivity index (χ1v) is 9.53. The Balaban J connectivity index is 1.41. The quantitative estimate of drug-likeness (QED) is 0.333. The number of alkyl halides is 4. The second-order valence-electron chi connectivity index (χ2n) is 7.17. The van der Waals surface area contributed by atoms with Crippen LogP contribution in [-0.4, -0.2) is 22.2 Å². The molecule has 11 heteroatoms. The van der Waals surface area contributed by atoms with Gasteiger partial charge < -0.3 is 25.1 Å². The molecule has 0 amide bonds. The van der Waals surface area contributed by atoms with Crippen molar-refractivity contribution in [2.45, 2.75) is 12.2 Å². The van der Waals surface area contributed by atoms with Crippen molar-refractivity contribution in [3.05, 3.63) is 66.5 Å². The molecule has 0 spiro atoms. The smallest absolute Gasteiger partial charge is 0.421 e. The lowest BCUT2D eigenvalue weighted by Gasteiger charge is -2.32. The number of nitrogens with one attached hydrogen (secondary N) is 3. The largest absolute Gasteiger partial charge is 0.507 e. The van der Waals surface area contributed by atoms with Gasteiger partial charge in [-0.1, -0.05) is 6.07 Å². The molecule has 0 saturated heterocycles. The zero-order valence-corrected chi connectivity index (χ0v) is 16.5. The van der Waals surface area contributed by atoms with Crippen LogP contribution in [-0.2, 0) is 0 Å². The number of pyridine rings is 1. The van der Waals surface area contributed by atoms with Gasteiger partial charge in [0.25, 0.3) is 0 Å². The van der Waals surface area contributed by atoms with Gasteiger partial charge in [-0.25, -0.2) is 4.98 Å². The fourth-order valence-corrected chi connectivity index (χ4v) is 3.31. The number of rotatable bonds is 4. The number of aromatic nitrogens is 2. The van der Waals surface area contributed by atoms with Crippen LogP contribution in [0.2, 0.25) is 0 Å². The van der Waals surface area contributed by atoms with Crippen molar-refractivity contribution >= 4 is 33.8 Å². The van der Waals surface area contributed by atoms with Gasteiger partial charge in [-0.3, -0.25) is 0 Å². The second-order valence-corrected chi connectivity index (χ2v) is 7.17. The highest BCUT2D eigenvalue weighted by Crippen LogP contribution is 2.47. The van der Waals surface area contributed by atoms with Gasteiger partial charge >= 0.3 is 12.2 Å². The highest BCUT2D eigenvalue weighted by molar-refractivity contribution is 5.83. The molecule has 166 valence electrons. The van der Waals surface area contributed by atoms with E-state index in [-0.39, 0.29) is 11.4 Å². The number of nitriles is 1. The third-order valence-corrected chi connectivity index (χ3v) is 4.81. The van der Waals surface area contributed by atoms with Crippen molar-refractivity contribution < 1.29 is 27.0 Å². The Morgan fingerprint density at radius 1 is 0.818 bits per heavy atom. The molecule has 0 unspecified atom stereocenters. The third-order valence-electron chi connectivity index (χ3n) is 4.81. The van der Waals surface area contributed by atoms with E-state index in [9.17, 15) is 22.8 Å². The summed E-state index contributed by atoms with van der Waals surface area (Å²) >= 11 is 0. The standard InChI is InChI=1S/C22H13F4N5O2/c23-21(24)22(25,26)33-19-9-14(3-4-18(19)32-21)29-15-7-16(11-27)31-20(10-15)30-13-2-1-12-5-6-28-17(12)8-13/h1-10,28H,(H2,29,30,31). The SMILES string of the molecule is N#Cc1cc(Nc2ccc3c(c2)OC(F)(F)C(F)(F)O3)cc(Nc2ccc3cc[nH]c3c2)n1. The summed E-state index contributed by atoms with van der Waals surface area (Å²) in [5.41, 5.74) is 2.37. The Kier molecular flexibility index (Phi) is 4.52. The summed E-state index contributed by atoms with van der Waals surface area (Å²) in [7, 11) is 0. The van der Waals surface area contributed by atoms with Gasteiger partial charge in [0.1, 0.15) is 17.6 Å². The molecule has 0 aliphatic carbocycles. The number of hydrogen-bond acceptors (Lipinski definition) is 6. The zero-order valence-electron chi connectivity index (χ0n) is 16.5. The van der Waals surface area contributed by atoms with E-state index in [2.05, 4.69) is 30.1 Å². The number of aromatic amines is 1. The minimum atomic E-state index is -4.82. The van der Waals surface area contributed by atoms with E-state index >= 15 is 0 Å². The zero-order chi connectivity index (χ0) is 23.2. The molecule has 5 rings (SSSR count). The van der Waals surface area contributed by atoms with Gasteiger partial charge in [-0.05, 0) is 41.8 Å². The highest BCUT2D eigenvalue weighted by Gasteiger charge is 2.65. The van der Waals surface area contributed by atoms with E-state index in [1.54, 1.807) is 6.07 Å². The molecular weight excluding hydrogens is 442 g/mol. The molecule has 2 aromatic heterocycles. The van der Waals surface area contributed by atoms with E-state index < -0.39 is 23.7 Å². The molecule has 0 fully saturated rings. The first kappa shape index (κ1) is 20.4. The van der Waals surface area contributed by atoms with Crippen molar-refractivity contribution in [3.8, 4) is 17.6 Å². The summed E-state index contributed by atoms with van der Waals surface area (Å²) in [6.07, 6.45) is -7.79. The molecule has 3 heterocycles. The number of ether oxygens (including phenoxy) is 2. The van der Waals surface area contributed by atoms with Crippen molar-refractivity contribution in [3.63, 3.8) is 0 Å². The Hall–Kier alpha value is -4.46. The fourth-order valence-electron chi connectivity index (χ4n) is 3.31. The first-order valence-electron chi connectivity index (χ1n) is 9.53. The summed E-state index contributed by atoms with van der Waals surface area (Å²) in [5, 5.41) is 16.4. The van der Waals surface area contributed by atoms with Gasteiger partial charge in [0, 0.05) is 40.9 Å². The predicted octanol–water partition coefficient (Wildman–Crippen LogP) is 5.88. The Bertz CT molecular complexity index is 1410. The maximum absolute atomic E-state index is 13.5. The van der Waals surface area contributed by atoms with Crippen LogP contribution in [0.1, 0.15) is 5.69 Å². The third kappa shape index (κ3) is 3.82. The molecule has 1 aliphatic heterocycles. The summed E-state index contributed by atoms with van der Waals surface area (Å²) < 4.78 is 61.9. The van der Waals surface area contributed by atoms with Gasteiger partial charge in [-0.15, -0.1) is 0 Å². The lowest BCUT2D eigenvalue weighted by molar-refractivity contribution is -0.391. The Labute approximate surface area is 183 Å². The summed E-state index contributed by atoms with van der Waals surface area (Å²) in [5.74, 6) is -0.722. The second kappa shape index (κ2) is 7.30. The molecule has 0 bridgehead atoms. The van der Waals surface area contributed by atoms with Gasteiger partial charge in [0.05, 0.1) is 0 Å². The van der Waals surface area contributed by atoms with E-state index in [1.165, 1.54) is 12.1 Å². The molecule has 4 aromatic rings. The molecule has 0 saturated carbocycles. The van der Waals surface area contributed by atoms with Crippen LogP contribution in [0.15, 0.2) is 60.8 Å². The van der Waals surface area contributed by atoms with Crippen molar-refractivity contribution in [1.29, 1.82) is 5.26 Å². The average molecular weight is 455 g/mol. The highest BCUT2D eigenvalue weighted by atomic mass is 19.3. The monoisotopic (exact) mass is 455 g/mol. The van der Waals surface area contributed by atoms with Gasteiger partial charge in [0.2, 0.25) is 0 Å². The van der Waals surface area contributed by atoms with E-state index in [0.29, 0.717) is 11.5 Å². The summed E-state index contributed by atoms with van der Waals surface area (Å²) in [6.45, 7) is 0. The van der Waals surface area contributed by atoms with E-state index in [0.717, 1.165) is 28.7 Å². The Morgan fingerprint density at radius 3 is 2.33 bits per heavy atom. The molecule has 2 aromatic carbocycles. The molecule has 3 N–H and O–H groups in total. The minimum absolute atomic E-state index is 0.0900. The van der Waals surface area contributed by atoms with Crippen LogP contribution in [0.4, 0.5) is 40.4 Å².